The van der Waals surface area contributed by atoms with Crippen molar-refractivity contribution >= 4 is 27.8 Å². The number of rotatable bonds is 4. The quantitative estimate of drug-likeness (QED) is 0.827. The fourth-order valence-electron chi connectivity index (χ4n) is 3.13. The molecule has 1 aliphatic heterocycles. The number of likely N-dealkylation sites (N-methyl/N-ethyl adjacent to an activating group) is 1. The molecule has 2 aliphatic rings. The minimum atomic E-state index is -2.89. The summed E-state index contributed by atoms with van der Waals surface area (Å²) in [5.74, 6) is -0.435. The van der Waals surface area contributed by atoms with Gasteiger partial charge in [-0.05, 0) is 36.3 Å². The van der Waals surface area contributed by atoms with Crippen molar-refractivity contribution in [3.8, 4) is 0 Å². The summed E-state index contributed by atoms with van der Waals surface area (Å²) >= 11 is 3.41. The van der Waals surface area contributed by atoms with E-state index in [9.17, 15) is 13.6 Å². The van der Waals surface area contributed by atoms with Crippen molar-refractivity contribution in [1.29, 1.82) is 0 Å². The Morgan fingerprint density at radius 1 is 1.48 bits per heavy atom. The van der Waals surface area contributed by atoms with Crippen LogP contribution in [0.2, 0.25) is 0 Å². The van der Waals surface area contributed by atoms with Crippen molar-refractivity contribution in [1.82, 2.24) is 4.90 Å². The molecule has 8 heteroatoms. The lowest BCUT2D eigenvalue weighted by atomic mass is 9.75. The molecule has 3 rings (SSSR count). The van der Waals surface area contributed by atoms with Crippen LogP contribution in [-0.2, 0) is 15.1 Å². The van der Waals surface area contributed by atoms with Gasteiger partial charge in [0.25, 0.3) is 5.91 Å². The topological polar surface area (TPSA) is 67.9 Å². The van der Waals surface area contributed by atoms with E-state index in [2.05, 4.69) is 25.7 Å². The molecule has 1 amide bonds. The monoisotopic (exact) mass is 411 g/mol. The van der Waals surface area contributed by atoms with Crippen LogP contribution in [0.3, 0.4) is 0 Å². The van der Waals surface area contributed by atoms with E-state index in [0.29, 0.717) is 12.0 Å². The number of benzene rings is 1. The van der Waals surface area contributed by atoms with Crippen LogP contribution >= 0.6 is 15.9 Å². The van der Waals surface area contributed by atoms with Crippen molar-refractivity contribution < 1.29 is 18.3 Å². The molecule has 1 aromatic rings. The van der Waals surface area contributed by atoms with Gasteiger partial charge in [-0.15, -0.1) is 0 Å². The van der Waals surface area contributed by atoms with Crippen molar-refractivity contribution in [2.24, 2.45) is 16.6 Å². The van der Waals surface area contributed by atoms with Gasteiger partial charge in [0.2, 0.25) is 0 Å². The van der Waals surface area contributed by atoms with Crippen molar-refractivity contribution in [2.75, 3.05) is 7.05 Å². The van der Waals surface area contributed by atoms with Gasteiger partial charge in [-0.3, -0.25) is 9.69 Å². The largest absolute Gasteiger partial charge is 0.435 e. The molecule has 0 radical (unpaired) electrons. The maximum Gasteiger partial charge on any atom is 0.387 e. The maximum absolute atomic E-state index is 13.0. The lowest BCUT2D eigenvalue weighted by Gasteiger charge is -2.33. The van der Waals surface area contributed by atoms with Crippen LogP contribution in [0.4, 0.5) is 8.78 Å². The number of guanidine groups is 1. The Balaban J connectivity index is 2.02. The maximum atomic E-state index is 13.0. The molecule has 0 fully saturated rings. The second-order valence-electron chi connectivity index (χ2n) is 5.80. The summed E-state index contributed by atoms with van der Waals surface area (Å²) in [7, 11) is 1.56. The number of hydrogen-bond acceptors (Lipinski definition) is 4. The van der Waals surface area contributed by atoms with Gasteiger partial charge < -0.3 is 10.5 Å². The van der Waals surface area contributed by atoms with Crippen molar-refractivity contribution in [3.05, 3.63) is 58.3 Å². The summed E-state index contributed by atoms with van der Waals surface area (Å²) in [5, 5.41) is 0. The lowest BCUT2D eigenvalue weighted by molar-refractivity contribution is -0.132. The number of allylic oxidation sites excluding steroid dienone is 2. The number of hydrogen-bond donors (Lipinski definition) is 1. The highest BCUT2D eigenvalue weighted by Gasteiger charge is 2.52. The third-order valence-electron chi connectivity index (χ3n) is 4.36. The van der Waals surface area contributed by atoms with Crippen LogP contribution in [0, 0.1) is 5.92 Å². The Bertz CT molecular complexity index is 794. The van der Waals surface area contributed by atoms with Gasteiger partial charge in [0.1, 0.15) is 5.76 Å². The number of ether oxygens (including phenoxy) is 1. The number of carbonyl (C=O) groups excluding carboxylic acids is 1. The molecule has 0 bridgehead atoms. The molecule has 132 valence electrons. The third-order valence-corrected chi connectivity index (χ3v) is 4.85. The van der Waals surface area contributed by atoms with Gasteiger partial charge in [-0.25, -0.2) is 4.99 Å². The third kappa shape index (κ3) is 3.06. The Morgan fingerprint density at radius 3 is 2.76 bits per heavy atom. The molecule has 1 unspecified atom stereocenters. The molecule has 5 nitrogen and oxygen atoms in total. The number of aliphatic imine (C=N–C) groups is 1. The first-order valence-electron chi connectivity index (χ1n) is 7.57. The lowest BCUT2D eigenvalue weighted by Crippen LogP contribution is -2.44. The predicted octanol–water partition coefficient (Wildman–Crippen LogP) is 3.13. The Hall–Kier alpha value is -2.22. The van der Waals surface area contributed by atoms with Crippen LogP contribution < -0.4 is 5.73 Å². The first kappa shape index (κ1) is 17.6. The molecule has 25 heavy (non-hydrogen) atoms. The molecule has 0 saturated heterocycles. The number of carbonyl (C=O) groups is 1. The van der Waals surface area contributed by atoms with Crippen molar-refractivity contribution in [3.63, 3.8) is 0 Å². The zero-order valence-electron chi connectivity index (χ0n) is 13.3. The zero-order valence-corrected chi connectivity index (χ0v) is 14.9. The normalized spacial score (nSPS) is 26.0. The van der Waals surface area contributed by atoms with E-state index in [0.717, 1.165) is 4.47 Å². The number of alkyl halides is 2. The SMILES string of the molecule is CN1C(=O)[C@](c2cccc(Br)c2)(C2C=CC(OC(F)F)=CC2)N=C1N. The summed E-state index contributed by atoms with van der Waals surface area (Å²) < 4.78 is 29.9. The number of nitrogens with two attached hydrogens (primary N) is 1. The van der Waals surface area contributed by atoms with Crippen LogP contribution in [0.25, 0.3) is 0 Å². The summed E-state index contributed by atoms with van der Waals surface area (Å²) in [6, 6.07) is 7.28. The highest BCUT2D eigenvalue weighted by atomic mass is 79.9. The van der Waals surface area contributed by atoms with E-state index in [4.69, 9.17) is 5.73 Å². The molecule has 0 saturated carbocycles. The Labute approximate surface area is 152 Å². The average molecular weight is 412 g/mol. The molecule has 1 aliphatic carbocycles. The number of halogens is 3. The van der Waals surface area contributed by atoms with Crippen LogP contribution in [0.5, 0.6) is 0 Å². The molecule has 1 heterocycles. The van der Waals surface area contributed by atoms with E-state index in [1.807, 2.05) is 18.2 Å². The van der Waals surface area contributed by atoms with E-state index in [1.165, 1.54) is 17.1 Å². The van der Waals surface area contributed by atoms with Gasteiger partial charge in [0.15, 0.2) is 11.5 Å². The Kier molecular flexibility index (Phi) is 4.64. The summed E-state index contributed by atoms with van der Waals surface area (Å²) in [5.41, 5.74) is 5.35. The minimum Gasteiger partial charge on any atom is -0.435 e. The fraction of sp³-hybridized carbons (Fsp3) is 0.294. The van der Waals surface area contributed by atoms with E-state index >= 15 is 0 Å². The van der Waals surface area contributed by atoms with Gasteiger partial charge in [0.05, 0.1) is 0 Å². The smallest absolute Gasteiger partial charge is 0.387 e. The zero-order chi connectivity index (χ0) is 18.2. The minimum absolute atomic E-state index is 0.0754. The number of nitrogens with zero attached hydrogens (tertiary/aromatic N) is 2. The number of amides is 1. The van der Waals surface area contributed by atoms with Crippen LogP contribution in [-0.4, -0.2) is 30.4 Å². The van der Waals surface area contributed by atoms with Gasteiger partial charge >= 0.3 is 6.61 Å². The van der Waals surface area contributed by atoms with Crippen molar-refractivity contribution in [2.45, 2.75) is 18.6 Å². The first-order valence-corrected chi connectivity index (χ1v) is 8.36. The molecular weight excluding hydrogens is 396 g/mol. The predicted molar refractivity (Wildman–Crippen MR) is 92.6 cm³/mol. The Morgan fingerprint density at radius 2 is 2.24 bits per heavy atom. The summed E-state index contributed by atoms with van der Waals surface area (Å²) in [6.45, 7) is -2.89. The molecule has 2 N–H and O–H groups in total. The van der Waals surface area contributed by atoms with Gasteiger partial charge in [-0.1, -0.05) is 34.1 Å². The second kappa shape index (κ2) is 6.59. The average Bonchev–Trinajstić information content (AvgIpc) is 2.80. The molecule has 2 atom stereocenters. The fourth-order valence-corrected chi connectivity index (χ4v) is 3.53. The standard InChI is InChI=1S/C17H16BrF2N3O2/c1-23-14(24)17(22-16(23)21,11-3-2-4-12(18)9-11)10-5-7-13(8-6-10)25-15(19)20/h2-5,7-10,15H,6H2,1H3,(H2,21,22)/t10?,17-/m1/s1. The summed E-state index contributed by atoms with van der Waals surface area (Å²) in [4.78, 5) is 18.8. The summed E-state index contributed by atoms with van der Waals surface area (Å²) in [6.07, 6.45) is 4.97. The van der Waals surface area contributed by atoms with E-state index in [1.54, 1.807) is 19.2 Å². The van der Waals surface area contributed by atoms with Crippen LogP contribution in [0.15, 0.2) is 57.7 Å². The van der Waals surface area contributed by atoms with Crippen LogP contribution in [0.1, 0.15) is 12.0 Å². The van der Waals surface area contributed by atoms with Gasteiger partial charge in [0, 0.05) is 17.4 Å². The first-order chi connectivity index (χ1) is 11.8. The molecular formula is C17H16BrF2N3O2. The van der Waals surface area contributed by atoms with E-state index < -0.39 is 12.2 Å². The molecule has 1 aromatic carbocycles. The van der Waals surface area contributed by atoms with Gasteiger partial charge in [-0.2, -0.15) is 8.78 Å². The molecule has 0 aromatic heterocycles. The molecule has 0 spiro atoms. The highest BCUT2D eigenvalue weighted by Crippen LogP contribution is 2.44. The highest BCUT2D eigenvalue weighted by molar-refractivity contribution is 9.10. The van der Waals surface area contributed by atoms with E-state index in [-0.39, 0.29) is 23.5 Å². The second-order valence-corrected chi connectivity index (χ2v) is 6.71.